The van der Waals surface area contributed by atoms with Gasteiger partial charge in [-0.2, -0.15) is 0 Å². The molecule has 0 saturated carbocycles. The molecule has 0 unspecified atom stereocenters. The van der Waals surface area contributed by atoms with Gasteiger partial charge in [-0.1, -0.05) is 6.92 Å². The van der Waals surface area contributed by atoms with E-state index < -0.39 is 0 Å². The molecule has 1 aromatic heterocycles. The van der Waals surface area contributed by atoms with Gasteiger partial charge in [0.2, 0.25) is 0 Å². The highest BCUT2D eigenvalue weighted by Gasteiger charge is 2.15. The molecule has 0 spiro atoms. The summed E-state index contributed by atoms with van der Waals surface area (Å²) in [6, 6.07) is 8.69. The molecule has 3 rings (SSSR count). The highest BCUT2D eigenvalue weighted by atomic mass is 15.1. The van der Waals surface area contributed by atoms with Crippen LogP contribution in [0.2, 0.25) is 0 Å². The van der Waals surface area contributed by atoms with Crippen molar-refractivity contribution in [2.45, 2.75) is 26.3 Å². The number of anilines is 2. The largest absolute Gasteiger partial charge is 0.379 e. The van der Waals surface area contributed by atoms with Gasteiger partial charge in [0, 0.05) is 36.9 Å². The summed E-state index contributed by atoms with van der Waals surface area (Å²) in [5.74, 6) is 0.870. The lowest BCUT2D eigenvalue weighted by Crippen LogP contribution is -2.32. The molecule has 1 aliphatic heterocycles. The number of nitrogens with one attached hydrogen (secondary N) is 1. The third-order valence-electron chi connectivity index (χ3n) is 4.11. The molecule has 2 aromatic rings. The van der Waals surface area contributed by atoms with Gasteiger partial charge in [-0.25, -0.2) is 0 Å². The van der Waals surface area contributed by atoms with Crippen molar-refractivity contribution in [3.63, 3.8) is 0 Å². The zero-order valence-corrected chi connectivity index (χ0v) is 12.5. The molecule has 0 bridgehead atoms. The summed E-state index contributed by atoms with van der Waals surface area (Å²) in [4.78, 5) is 10.8. The minimum Gasteiger partial charge on any atom is -0.379 e. The number of hydrogen-bond acceptors (Lipinski definition) is 4. The fraction of sp³-hybridized carbons (Fsp3) is 0.412. The van der Waals surface area contributed by atoms with E-state index in [0.29, 0.717) is 6.54 Å². The highest BCUT2D eigenvalue weighted by molar-refractivity contribution is 5.55. The first-order valence-electron chi connectivity index (χ1n) is 7.65. The molecule has 2 heterocycles. The number of piperidine rings is 1. The van der Waals surface area contributed by atoms with Gasteiger partial charge in [-0.3, -0.25) is 9.97 Å². The van der Waals surface area contributed by atoms with E-state index in [2.05, 4.69) is 51.4 Å². The predicted octanol–water partition coefficient (Wildman–Crippen LogP) is 3.33. The summed E-state index contributed by atoms with van der Waals surface area (Å²) in [6.45, 7) is 5.40. The Morgan fingerprint density at radius 3 is 2.57 bits per heavy atom. The topological polar surface area (TPSA) is 41.0 Å². The van der Waals surface area contributed by atoms with Crippen LogP contribution in [0.3, 0.4) is 0 Å². The molecule has 110 valence electrons. The Morgan fingerprint density at radius 1 is 1.14 bits per heavy atom. The molecular weight excluding hydrogens is 260 g/mol. The lowest BCUT2D eigenvalue weighted by atomic mass is 9.99. The van der Waals surface area contributed by atoms with Gasteiger partial charge in [0.25, 0.3) is 0 Å². The van der Waals surface area contributed by atoms with E-state index in [4.69, 9.17) is 0 Å². The average molecular weight is 282 g/mol. The Balaban J connectivity index is 1.57. The van der Waals surface area contributed by atoms with Gasteiger partial charge in [-0.15, -0.1) is 0 Å². The second-order valence-corrected chi connectivity index (χ2v) is 5.77. The monoisotopic (exact) mass is 282 g/mol. The number of aromatic nitrogens is 2. The van der Waals surface area contributed by atoms with Crippen LogP contribution >= 0.6 is 0 Å². The average Bonchev–Trinajstić information content (AvgIpc) is 2.55. The van der Waals surface area contributed by atoms with Crippen molar-refractivity contribution >= 4 is 11.4 Å². The zero-order valence-electron chi connectivity index (χ0n) is 12.5. The van der Waals surface area contributed by atoms with E-state index in [9.17, 15) is 0 Å². The van der Waals surface area contributed by atoms with Crippen LogP contribution in [0.4, 0.5) is 11.4 Å². The Kier molecular flexibility index (Phi) is 4.34. The fourth-order valence-corrected chi connectivity index (χ4v) is 2.67. The van der Waals surface area contributed by atoms with Gasteiger partial charge < -0.3 is 10.2 Å². The minimum atomic E-state index is 0.703. The molecule has 21 heavy (non-hydrogen) atoms. The van der Waals surface area contributed by atoms with Crippen LogP contribution in [0.15, 0.2) is 42.9 Å². The summed E-state index contributed by atoms with van der Waals surface area (Å²) >= 11 is 0. The van der Waals surface area contributed by atoms with Crippen LogP contribution in [0.1, 0.15) is 25.5 Å². The van der Waals surface area contributed by atoms with Gasteiger partial charge in [0.05, 0.1) is 18.4 Å². The van der Waals surface area contributed by atoms with Crippen molar-refractivity contribution in [3.05, 3.63) is 48.5 Å². The molecule has 1 fully saturated rings. The molecule has 4 heteroatoms. The van der Waals surface area contributed by atoms with Crippen molar-refractivity contribution < 1.29 is 0 Å². The Hall–Kier alpha value is -2.10. The molecule has 0 amide bonds. The van der Waals surface area contributed by atoms with E-state index in [1.807, 2.05) is 0 Å². The first-order chi connectivity index (χ1) is 10.3. The molecule has 0 radical (unpaired) electrons. The van der Waals surface area contributed by atoms with Crippen molar-refractivity contribution in [1.29, 1.82) is 0 Å². The molecule has 4 nitrogen and oxygen atoms in total. The van der Waals surface area contributed by atoms with E-state index >= 15 is 0 Å². The summed E-state index contributed by atoms with van der Waals surface area (Å²) in [5.41, 5.74) is 3.40. The zero-order chi connectivity index (χ0) is 14.5. The third kappa shape index (κ3) is 3.72. The van der Waals surface area contributed by atoms with Gasteiger partial charge in [0.1, 0.15) is 0 Å². The Labute approximate surface area is 126 Å². The number of benzene rings is 1. The Morgan fingerprint density at radius 2 is 1.90 bits per heavy atom. The fourth-order valence-electron chi connectivity index (χ4n) is 2.67. The molecule has 1 aliphatic rings. The maximum absolute atomic E-state index is 4.26. The van der Waals surface area contributed by atoms with Crippen molar-refractivity contribution in [3.8, 4) is 0 Å². The number of hydrogen-bond donors (Lipinski definition) is 1. The normalized spacial score (nSPS) is 16.0. The van der Waals surface area contributed by atoms with E-state index in [1.54, 1.807) is 18.6 Å². The second-order valence-electron chi connectivity index (χ2n) is 5.77. The molecule has 1 N–H and O–H groups in total. The standard InChI is InChI=1S/C17H22N4/c1-14-6-10-21(11-7-14)17-4-2-15(3-5-17)20-13-16-12-18-8-9-19-16/h2-5,8-9,12,14,20H,6-7,10-11,13H2,1H3. The van der Waals surface area contributed by atoms with Crippen molar-refractivity contribution in [2.75, 3.05) is 23.3 Å². The molecule has 1 saturated heterocycles. The van der Waals surface area contributed by atoms with Crippen LogP contribution < -0.4 is 10.2 Å². The lowest BCUT2D eigenvalue weighted by molar-refractivity contribution is 0.438. The third-order valence-corrected chi connectivity index (χ3v) is 4.11. The van der Waals surface area contributed by atoms with Crippen LogP contribution in [0.25, 0.3) is 0 Å². The van der Waals surface area contributed by atoms with Gasteiger partial charge in [0.15, 0.2) is 0 Å². The van der Waals surface area contributed by atoms with E-state index in [0.717, 1.165) is 17.3 Å². The summed E-state index contributed by atoms with van der Waals surface area (Å²) in [5, 5.41) is 3.38. The summed E-state index contributed by atoms with van der Waals surface area (Å²) in [6.07, 6.45) is 7.80. The minimum absolute atomic E-state index is 0.703. The van der Waals surface area contributed by atoms with Crippen LogP contribution in [0.5, 0.6) is 0 Å². The maximum Gasteiger partial charge on any atom is 0.0777 e. The molecule has 0 aliphatic carbocycles. The molecule has 0 atom stereocenters. The van der Waals surface area contributed by atoms with Crippen molar-refractivity contribution in [1.82, 2.24) is 9.97 Å². The van der Waals surface area contributed by atoms with Crippen LogP contribution in [-0.4, -0.2) is 23.1 Å². The predicted molar refractivity (Wildman–Crippen MR) is 86.4 cm³/mol. The number of nitrogens with zero attached hydrogens (tertiary/aromatic N) is 3. The first kappa shape index (κ1) is 13.9. The van der Waals surface area contributed by atoms with Crippen molar-refractivity contribution in [2.24, 2.45) is 5.92 Å². The van der Waals surface area contributed by atoms with Gasteiger partial charge >= 0.3 is 0 Å². The lowest BCUT2D eigenvalue weighted by Gasteiger charge is -2.32. The second kappa shape index (κ2) is 6.57. The smallest absolute Gasteiger partial charge is 0.0777 e. The number of rotatable bonds is 4. The SMILES string of the molecule is CC1CCN(c2ccc(NCc3cnccn3)cc2)CC1. The maximum atomic E-state index is 4.26. The first-order valence-corrected chi connectivity index (χ1v) is 7.65. The van der Waals surface area contributed by atoms with Crippen LogP contribution in [0, 0.1) is 5.92 Å². The summed E-state index contributed by atoms with van der Waals surface area (Å²) in [7, 11) is 0. The van der Waals surface area contributed by atoms with Gasteiger partial charge in [-0.05, 0) is 43.0 Å². The quantitative estimate of drug-likeness (QED) is 0.934. The molecular formula is C17H22N4. The highest BCUT2D eigenvalue weighted by Crippen LogP contribution is 2.24. The molecule has 1 aromatic carbocycles. The Bertz CT molecular complexity index is 545. The summed E-state index contributed by atoms with van der Waals surface area (Å²) < 4.78 is 0. The van der Waals surface area contributed by atoms with Crippen LogP contribution in [-0.2, 0) is 6.54 Å². The van der Waals surface area contributed by atoms with E-state index in [-0.39, 0.29) is 0 Å². The van der Waals surface area contributed by atoms with E-state index in [1.165, 1.54) is 31.6 Å².